The SMILES string of the molecule is COc1ccc(C(=O)Nc2ccccc2Oc2ccccc2)cc1COc1ccccc1OC. The largest absolute Gasteiger partial charge is 0.496 e. The summed E-state index contributed by atoms with van der Waals surface area (Å²) in [6.07, 6.45) is 0. The normalized spacial score (nSPS) is 10.3. The molecule has 0 atom stereocenters. The number of rotatable bonds is 9. The van der Waals surface area contributed by atoms with Crippen LogP contribution >= 0.6 is 0 Å². The number of methoxy groups -OCH3 is 2. The van der Waals surface area contributed by atoms with Crippen LogP contribution in [0.5, 0.6) is 28.7 Å². The molecule has 1 amide bonds. The maximum Gasteiger partial charge on any atom is 0.255 e. The van der Waals surface area contributed by atoms with Gasteiger partial charge < -0.3 is 24.3 Å². The van der Waals surface area contributed by atoms with Crippen molar-refractivity contribution >= 4 is 11.6 Å². The quantitative estimate of drug-likeness (QED) is 0.320. The topological polar surface area (TPSA) is 66.0 Å². The van der Waals surface area contributed by atoms with Gasteiger partial charge in [-0.15, -0.1) is 0 Å². The van der Waals surface area contributed by atoms with Crippen molar-refractivity contribution in [3.63, 3.8) is 0 Å². The van der Waals surface area contributed by atoms with Crippen LogP contribution in [0.1, 0.15) is 15.9 Å². The number of anilines is 1. The van der Waals surface area contributed by atoms with Crippen molar-refractivity contribution in [1.82, 2.24) is 0 Å². The molecule has 0 aromatic heterocycles. The number of carbonyl (C=O) groups excluding carboxylic acids is 1. The lowest BCUT2D eigenvalue weighted by molar-refractivity contribution is 0.102. The molecule has 172 valence electrons. The molecule has 0 bridgehead atoms. The number of benzene rings is 4. The number of amides is 1. The minimum absolute atomic E-state index is 0.207. The lowest BCUT2D eigenvalue weighted by Gasteiger charge is -2.15. The monoisotopic (exact) mass is 455 g/mol. The molecule has 1 N–H and O–H groups in total. The van der Waals surface area contributed by atoms with Crippen LogP contribution in [-0.4, -0.2) is 20.1 Å². The molecule has 0 aliphatic heterocycles. The fourth-order valence-corrected chi connectivity index (χ4v) is 3.40. The molecule has 34 heavy (non-hydrogen) atoms. The Hall–Kier alpha value is -4.45. The summed E-state index contributed by atoms with van der Waals surface area (Å²) in [6, 6.07) is 29.3. The summed E-state index contributed by atoms with van der Waals surface area (Å²) in [5, 5.41) is 2.94. The maximum atomic E-state index is 13.1. The van der Waals surface area contributed by atoms with Gasteiger partial charge in [0.05, 0.1) is 19.9 Å². The van der Waals surface area contributed by atoms with E-state index >= 15 is 0 Å². The first-order valence-corrected chi connectivity index (χ1v) is 10.7. The first kappa shape index (κ1) is 22.7. The van der Waals surface area contributed by atoms with Crippen molar-refractivity contribution in [2.45, 2.75) is 6.61 Å². The van der Waals surface area contributed by atoms with E-state index in [0.29, 0.717) is 40.0 Å². The Morgan fingerprint density at radius 3 is 2.09 bits per heavy atom. The van der Waals surface area contributed by atoms with E-state index in [1.54, 1.807) is 38.5 Å². The second-order valence-corrected chi connectivity index (χ2v) is 7.33. The molecule has 0 fully saturated rings. The van der Waals surface area contributed by atoms with Gasteiger partial charge in [-0.2, -0.15) is 0 Å². The summed E-state index contributed by atoms with van der Waals surface area (Å²) in [4.78, 5) is 13.1. The van der Waals surface area contributed by atoms with Crippen molar-refractivity contribution in [1.29, 1.82) is 0 Å². The van der Waals surface area contributed by atoms with Crippen LogP contribution in [0.15, 0.2) is 97.1 Å². The number of para-hydroxylation sites is 5. The molecule has 0 saturated heterocycles. The zero-order chi connectivity index (χ0) is 23.8. The molecule has 0 aliphatic carbocycles. The van der Waals surface area contributed by atoms with Crippen LogP contribution in [0.4, 0.5) is 5.69 Å². The van der Waals surface area contributed by atoms with E-state index in [1.165, 1.54) is 0 Å². The first-order valence-electron chi connectivity index (χ1n) is 10.7. The highest BCUT2D eigenvalue weighted by molar-refractivity contribution is 6.05. The van der Waals surface area contributed by atoms with E-state index in [1.807, 2.05) is 72.8 Å². The van der Waals surface area contributed by atoms with Crippen LogP contribution in [-0.2, 0) is 6.61 Å². The predicted molar refractivity (Wildman–Crippen MR) is 131 cm³/mol. The highest BCUT2D eigenvalue weighted by atomic mass is 16.5. The van der Waals surface area contributed by atoms with E-state index in [2.05, 4.69) is 5.32 Å². The van der Waals surface area contributed by atoms with Gasteiger partial charge >= 0.3 is 0 Å². The van der Waals surface area contributed by atoms with Crippen LogP contribution in [0.2, 0.25) is 0 Å². The molecule has 0 heterocycles. The first-order chi connectivity index (χ1) is 16.7. The van der Waals surface area contributed by atoms with Crippen LogP contribution in [0.3, 0.4) is 0 Å². The molecular weight excluding hydrogens is 430 g/mol. The summed E-state index contributed by atoms with van der Waals surface area (Å²) >= 11 is 0. The van der Waals surface area contributed by atoms with Crippen LogP contribution in [0.25, 0.3) is 0 Å². The van der Waals surface area contributed by atoms with Gasteiger partial charge in [0.15, 0.2) is 17.2 Å². The Balaban J connectivity index is 1.52. The second kappa shape index (κ2) is 10.9. The number of carbonyl (C=O) groups is 1. The Labute approximate surface area is 198 Å². The maximum absolute atomic E-state index is 13.1. The lowest BCUT2D eigenvalue weighted by atomic mass is 10.1. The van der Waals surface area contributed by atoms with Crippen LogP contribution < -0.4 is 24.3 Å². The lowest BCUT2D eigenvalue weighted by Crippen LogP contribution is -2.13. The highest BCUT2D eigenvalue weighted by Gasteiger charge is 2.14. The average Bonchev–Trinajstić information content (AvgIpc) is 2.89. The molecule has 0 aliphatic rings. The van der Waals surface area contributed by atoms with E-state index < -0.39 is 0 Å². The standard InChI is InChI=1S/C28H25NO5/c1-31-24-17-16-20(18-21(24)19-33-27-15-9-8-14-26(27)32-2)28(30)29-23-12-6-7-13-25(23)34-22-10-4-3-5-11-22/h3-18H,19H2,1-2H3,(H,29,30). The van der Waals surface area contributed by atoms with Gasteiger partial charge in [0, 0.05) is 11.1 Å². The Morgan fingerprint density at radius 1 is 0.706 bits per heavy atom. The van der Waals surface area contributed by atoms with Crippen LogP contribution in [0, 0.1) is 0 Å². The smallest absolute Gasteiger partial charge is 0.255 e. The second-order valence-electron chi connectivity index (χ2n) is 7.33. The number of hydrogen-bond acceptors (Lipinski definition) is 5. The van der Waals surface area contributed by atoms with Crippen molar-refractivity contribution in [2.75, 3.05) is 19.5 Å². The van der Waals surface area contributed by atoms with Gasteiger partial charge in [-0.1, -0.05) is 42.5 Å². The zero-order valence-electron chi connectivity index (χ0n) is 19.0. The Bertz CT molecular complexity index is 1260. The van der Waals surface area contributed by atoms with Gasteiger partial charge in [0.25, 0.3) is 5.91 Å². The number of ether oxygens (including phenoxy) is 4. The summed E-state index contributed by atoms with van der Waals surface area (Å²) in [5.74, 6) is 2.82. The fourth-order valence-electron chi connectivity index (χ4n) is 3.40. The van der Waals surface area contributed by atoms with Crippen molar-refractivity contribution in [2.24, 2.45) is 0 Å². The molecule has 0 unspecified atom stereocenters. The molecule has 6 heteroatoms. The van der Waals surface area contributed by atoms with Gasteiger partial charge in [-0.25, -0.2) is 0 Å². The molecule has 4 aromatic carbocycles. The van der Waals surface area contributed by atoms with Gasteiger partial charge in [0.2, 0.25) is 0 Å². The van der Waals surface area contributed by atoms with E-state index in [-0.39, 0.29) is 12.5 Å². The summed E-state index contributed by atoms with van der Waals surface area (Å²) in [7, 11) is 3.17. The van der Waals surface area contributed by atoms with Gasteiger partial charge in [0.1, 0.15) is 18.1 Å². The van der Waals surface area contributed by atoms with E-state index in [4.69, 9.17) is 18.9 Å². The predicted octanol–water partition coefficient (Wildman–Crippen LogP) is 6.33. The Kier molecular flexibility index (Phi) is 7.30. The average molecular weight is 456 g/mol. The highest BCUT2D eigenvalue weighted by Crippen LogP contribution is 2.31. The summed E-state index contributed by atoms with van der Waals surface area (Å²) in [5.41, 5.74) is 1.77. The van der Waals surface area contributed by atoms with E-state index in [9.17, 15) is 4.79 Å². The van der Waals surface area contributed by atoms with Gasteiger partial charge in [-0.05, 0) is 54.6 Å². The van der Waals surface area contributed by atoms with Crippen molar-refractivity contribution in [3.05, 3.63) is 108 Å². The number of nitrogens with one attached hydrogen (secondary N) is 1. The van der Waals surface area contributed by atoms with Gasteiger partial charge in [-0.3, -0.25) is 4.79 Å². The molecular formula is C28H25NO5. The molecule has 0 saturated carbocycles. The fraction of sp³-hybridized carbons (Fsp3) is 0.107. The zero-order valence-corrected chi connectivity index (χ0v) is 19.0. The third-order valence-electron chi connectivity index (χ3n) is 5.10. The molecule has 4 aromatic rings. The number of hydrogen-bond donors (Lipinski definition) is 1. The third kappa shape index (κ3) is 5.48. The Morgan fingerprint density at radius 2 is 1.35 bits per heavy atom. The minimum atomic E-state index is -0.273. The summed E-state index contributed by atoms with van der Waals surface area (Å²) in [6.45, 7) is 0.207. The molecule has 0 radical (unpaired) electrons. The molecule has 4 rings (SSSR count). The third-order valence-corrected chi connectivity index (χ3v) is 5.10. The molecule has 0 spiro atoms. The van der Waals surface area contributed by atoms with Crippen molar-refractivity contribution < 1.29 is 23.7 Å². The van der Waals surface area contributed by atoms with E-state index in [0.717, 1.165) is 5.56 Å². The molecule has 6 nitrogen and oxygen atoms in total. The summed E-state index contributed by atoms with van der Waals surface area (Å²) < 4.78 is 22.7. The minimum Gasteiger partial charge on any atom is -0.496 e. The van der Waals surface area contributed by atoms with Crippen molar-refractivity contribution in [3.8, 4) is 28.7 Å².